The van der Waals surface area contributed by atoms with E-state index in [-0.39, 0.29) is 5.91 Å². The molecule has 0 aliphatic heterocycles. The Kier molecular flexibility index (Phi) is 5.38. The molecule has 0 spiro atoms. The molecule has 0 aliphatic carbocycles. The molecule has 0 radical (unpaired) electrons. The van der Waals surface area contributed by atoms with Crippen LogP contribution in [0.25, 0.3) is 0 Å². The number of aryl methyl sites for hydroxylation is 2. The molecule has 1 heterocycles. The van der Waals surface area contributed by atoms with Gasteiger partial charge in [0.05, 0.1) is 21.8 Å². The smallest absolute Gasteiger partial charge is 0.226 e. The topological polar surface area (TPSA) is 59.0 Å². The van der Waals surface area contributed by atoms with Crippen LogP contribution in [0.1, 0.15) is 32.2 Å². The van der Waals surface area contributed by atoms with E-state index in [1.807, 2.05) is 32.4 Å². The van der Waals surface area contributed by atoms with Crippen LogP contribution in [0.15, 0.2) is 0 Å². The van der Waals surface area contributed by atoms with Crippen molar-refractivity contribution in [2.24, 2.45) is 5.41 Å². The molecule has 0 saturated carbocycles. The zero-order valence-electron chi connectivity index (χ0n) is 12.3. The molecule has 1 amide bonds. The number of hydrogen-bond donors (Lipinski definition) is 2. The lowest BCUT2D eigenvalue weighted by molar-refractivity contribution is -0.128. The summed E-state index contributed by atoms with van der Waals surface area (Å²) in [5.41, 5.74) is 1.35. The molecular weight excluding hydrogens is 264 g/mol. The summed E-state index contributed by atoms with van der Waals surface area (Å²) in [4.78, 5) is 11.7. The Morgan fingerprint density at radius 1 is 1.47 bits per heavy atom. The minimum absolute atomic E-state index is 0.0197. The number of aromatic nitrogens is 2. The Hall–Kier alpha value is -1.07. The molecule has 1 rings (SSSR count). The molecule has 0 aromatic carbocycles. The molecule has 108 valence electrons. The predicted molar refractivity (Wildman–Crippen MR) is 77.2 cm³/mol. The minimum atomic E-state index is -0.451. The maximum atomic E-state index is 11.7. The Bertz CT molecular complexity index is 454. The summed E-state index contributed by atoms with van der Waals surface area (Å²) >= 11 is 6.23. The Morgan fingerprint density at radius 2 is 2.11 bits per heavy atom. The van der Waals surface area contributed by atoms with Crippen LogP contribution >= 0.6 is 11.6 Å². The first-order valence-corrected chi connectivity index (χ1v) is 6.86. The van der Waals surface area contributed by atoms with Crippen molar-refractivity contribution >= 4 is 17.5 Å². The minimum Gasteiger partial charge on any atom is -0.359 e. The maximum absolute atomic E-state index is 11.7. The molecule has 0 bridgehead atoms. The zero-order valence-corrected chi connectivity index (χ0v) is 13.1. The lowest BCUT2D eigenvalue weighted by atomic mass is 9.92. The number of carbonyl (C=O) groups excluding carboxylic acids is 1. The summed E-state index contributed by atoms with van der Waals surface area (Å²) in [6, 6.07) is 0. The predicted octanol–water partition coefficient (Wildman–Crippen LogP) is 1.73. The van der Waals surface area contributed by atoms with E-state index in [1.165, 1.54) is 0 Å². The largest absolute Gasteiger partial charge is 0.359 e. The molecule has 1 aromatic rings. The van der Waals surface area contributed by atoms with Crippen molar-refractivity contribution in [1.82, 2.24) is 20.4 Å². The van der Waals surface area contributed by atoms with Gasteiger partial charge in [-0.1, -0.05) is 11.6 Å². The molecular formula is C13H23ClN4O. The normalized spacial score (nSPS) is 11.7. The van der Waals surface area contributed by atoms with Crippen LogP contribution < -0.4 is 10.6 Å². The Labute approximate surface area is 119 Å². The van der Waals surface area contributed by atoms with E-state index >= 15 is 0 Å². The van der Waals surface area contributed by atoms with Gasteiger partial charge in [0, 0.05) is 26.7 Å². The third-order valence-electron chi connectivity index (χ3n) is 3.15. The quantitative estimate of drug-likeness (QED) is 0.837. The van der Waals surface area contributed by atoms with E-state index in [1.54, 1.807) is 7.05 Å². The highest BCUT2D eigenvalue weighted by molar-refractivity contribution is 6.31. The van der Waals surface area contributed by atoms with Crippen molar-refractivity contribution in [3.8, 4) is 0 Å². The van der Waals surface area contributed by atoms with Gasteiger partial charge in [-0.3, -0.25) is 9.48 Å². The number of carbonyl (C=O) groups is 1. The van der Waals surface area contributed by atoms with E-state index in [9.17, 15) is 4.79 Å². The summed E-state index contributed by atoms with van der Waals surface area (Å²) < 4.78 is 1.89. The van der Waals surface area contributed by atoms with Crippen LogP contribution in [-0.4, -0.2) is 29.3 Å². The van der Waals surface area contributed by atoms with Gasteiger partial charge in [0.2, 0.25) is 5.91 Å². The van der Waals surface area contributed by atoms with Crippen LogP contribution in [-0.2, 0) is 17.9 Å². The summed E-state index contributed by atoms with van der Waals surface area (Å²) in [7, 11) is 1.65. The maximum Gasteiger partial charge on any atom is 0.226 e. The standard InChI is InChI=1S/C13H23ClN4O/c1-6-18-10(11(14)9(2)17-18)7-16-8-13(3,4)12(19)15-5/h16H,6-8H2,1-5H3,(H,15,19). The first-order valence-electron chi connectivity index (χ1n) is 6.48. The number of hydrogen-bond acceptors (Lipinski definition) is 3. The molecule has 5 nitrogen and oxygen atoms in total. The van der Waals surface area contributed by atoms with Crippen molar-refractivity contribution in [2.75, 3.05) is 13.6 Å². The SMILES string of the molecule is CCn1nc(C)c(Cl)c1CNCC(C)(C)C(=O)NC. The van der Waals surface area contributed by atoms with E-state index in [0.29, 0.717) is 18.1 Å². The molecule has 0 aliphatic rings. The summed E-state index contributed by atoms with van der Waals surface area (Å²) in [5, 5.41) is 11.0. The second-order valence-corrected chi connectivity index (χ2v) is 5.61. The van der Waals surface area contributed by atoms with Crippen LogP contribution in [0, 0.1) is 12.3 Å². The monoisotopic (exact) mass is 286 g/mol. The molecule has 6 heteroatoms. The highest BCUT2D eigenvalue weighted by atomic mass is 35.5. The molecule has 2 N–H and O–H groups in total. The summed E-state index contributed by atoms with van der Waals surface area (Å²) in [6.07, 6.45) is 0. The van der Waals surface area contributed by atoms with Crippen molar-refractivity contribution < 1.29 is 4.79 Å². The van der Waals surface area contributed by atoms with E-state index < -0.39 is 5.41 Å². The number of nitrogens with zero attached hydrogens (tertiary/aromatic N) is 2. The molecule has 0 atom stereocenters. The Morgan fingerprint density at radius 3 is 2.63 bits per heavy atom. The lowest BCUT2D eigenvalue weighted by Gasteiger charge is -2.23. The van der Waals surface area contributed by atoms with Crippen LogP contribution in [0.2, 0.25) is 5.02 Å². The van der Waals surface area contributed by atoms with Crippen molar-refractivity contribution in [2.45, 2.75) is 40.8 Å². The highest BCUT2D eigenvalue weighted by Gasteiger charge is 2.26. The van der Waals surface area contributed by atoms with E-state index in [2.05, 4.69) is 15.7 Å². The fourth-order valence-electron chi connectivity index (χ4n) is 1.95. The first-order chi connectivity index (χ1) is 8.83. The lowest BCUT2D eigenvalue weighted by Crippen LogP contribution is -2.42. The fraction of sp³-hybridized carbons (Fsp3) is 0.692. The molecule has 19 heavy (non-hydrogen) atoms. The van der Waals surface area contributed by atoms with Crippen LogP contribution in [0.5, 0.6) is 0 Å². The van der Waals surface area contributed by atoms with Crippen LogP contribution in [0.4, 0.5) is 0 Å². The van der Waals surface area contributed by atoms with E-state index in [0.717, 1.165) is 17.9 Å². The fourth-order valence-corrected chi connectivity index (χ4v) is 2.15. The third-order valence-corrected chi connectivity index (χ3v) is 3.65. The van der Waals surface area contributed by atoms with Crippen molar-refractivity contribution in [1.29, 1.82) is 0 Å². The molecule has 0 fully saturated rings. The second-order valence-electron chi connectivity index (χ2n) is 5.23. The van der Waals surface area contributed by atoms with E-state index in [4.69, 9.17) is 11.6 Å². The zero-order chi connectivity index (χ0) is 14.6. The molecule has 0 unspecified atom stereocenters. The van der Waals surface area contributed by atoms with Gasteiger partial charge in [-0.25, -0.2) is 0 Å². The number of rotatable bonds is 6. The number of nitrogens with one attached hydrogen (secondary N) is 2. The van der Waals surface area contributed by atoms with Crippen molar-refractivity contribution in [3.05, 3.63) is 16.4 Å². The summed E-state index contributed by atoms with van der Waals surface area (Å²) in [6.45, 7) is 9.70. The van der Waals surface area contributed by atoms with Gasteiger partial charge in [-0.2, -0.15) is 5.10 Å². The van der Waals surface area contributed by atoms with Gasteiger partial charge >= 0.3 is 0 Å². The van der Waals surface area contributed by atoms with Gasteiger partial charge in [0.25, 0.3) is 0 Å². The van der Waals surface area contributed by atoms with Gasteiger partial charge in [-0.05, 0) is 27.7 Å². The average molecular weight is 287 g/mol. The van der Waals surface area contributed by atoms with Gasteiger partial charge in [-0.15, -0.1) is 0 Å². The van der Waals surface area contributed by atoms with Gasteiger partial charge in [0.1, 0.15) is 0 Å². The molecule has 1 aromatic heterocycles. The third kappa shape index (κ3) is 3.70. The second kappa shape index (κ2) is 6.39. The Balaban J connectivity index is 2.66. The first kappa shape index (κ1) is 16.0. The van der Waals surface area contributed by atoms with Crippen LogP contribution in [0.3, 0.4) is 0 Å². The number of halogens is 1. The summed E-state index contributed by atoms with van der Waals surface area (Å²) in [5.74, 6) is 0.0197. The van der Waals surface area contributed by atoms with Crippen molar-refractivity contribution in [3.63, 3.8) is 0 Å². The molecule has 0 saturated heterocycles. The number of amides is 1. The highest BCUT2D eigenvalue weighted by Crippen LogP contribution is 2.20. The average Bonchev–Trinajstić information content (AvgIpc) is 2.65. The van der Waals surface area contributed by atoms with Gasteiger partial charge < -0.3 is 10.6 Å². The van der Waals surface area contributed by atoms with Gasteiger partial charge in [0.15, 0.2) is 0 Å².